The van der Waals surface area contributed by atoms with E-state index in [4.69, 9.17) is 9.72 Å². The normalized spacial score (nSPS) is 28.9. The van der Waals surface area contributed by atoms with Gasteiger partial charge in [0.05, 0.1) is 12.3 Å². The number of piperidine rings is 1. The van der Waals surface area contributed by atoms with E-state index < -0.39 is 0 Å². The van der Waals surface area contributed by atoms with Crippen molar-refractivity contribution in [2.75, 3.05) is 19.8 Å². The maximum Gasteiger partial charge on any atom is 0.122 e. The maximum atomic E-state index is 9.44. The molecule has 0 spiro atoms. The lowest BCUT2D eigenvalue weighted by Gasteiger charge is -2.33. The van der Waals surface area contributed by atoms with E-state index in [1.807, 2.05) is 0 Å². The first kappa shape index (κ1) is 13.5. The summed E-state index contributed by atoms with van der Waals surface area (Å²) in [5.74, 6) is 0. The standard InChI is InChI=1S/C14H22N2O2S/c17-9-12-4-1-2-6-16(12)8-11-10-19-14(15-11)13-5-3-7-18-13/h10,12-13,17H,1-9H2. The molecule has 4 nitrogen and oxygen atoms in total. The van der Waals surface area contributed by atoms with Gasteiger partial charge in [0, 0.05) is 24.6 Å². The Morgan fingerprint density at radius 2 is 2.32 bits per heavy atom. The van der Waals surface area contributed by atoms with Crippen LogP contribution in [-0.2, 0) is 11.3 Å². The Balaban J connectivity index is 1.62. The van der Waals surface area contributed by atoms with Crippen LogP contribution in [0.2, 0.25) is 0 Å². The van der Waals surface area contributed by atoms with Crippen LogP contribution in [0.4, 0.5) is 0 Å². The summed E-state index contributed by atoms with van der Waals surface area (Å²) in [6.07, 6.45) is 6.07. The highest BCUT2D eigenvalue weighted by Gasteiger charge is 2.24. The second-order valence-electron chi connectivity index (χ2n) is 5.48. The molecule has 2 aliphatic heterocycles. The Morgan fingerprint density at radius 1 is 1.37 bits per heavy atom. The molecule has 2 fully saturated rings. The first-order valence-electron chi connectivity index (χ1n) is 7.27. The largest absolute Gasteiger partial charge is 0.395 e. The fraction of sp³-hybridized carbons (Fsp3) is 0.786. The third kappa shape index (κ3) is 3.16. The van der Waals surface area contributed by atoms with Gasteiger partial charge in [-0.1, -0.05) is 6.42 Å². The van der Waals surface area contributed by atoms with Crippen molar-refractivity contribution in [1.82, 2.24) is 9.88 Å². The fourth-order valence-corrected chi connectivity index (χ4v) is 3.89. The second-order valence-corrected chi connectivity index (χ2v) is 6.37. The van der Waals surface area contributed by atoms with Gasteiger partial charge in [-0.2, -0.15) is 0 Å². The van der Waals surface area contributed by atoms with Crippen molar-refractivity contribution in [1.29, 1.82) is 0 Å². The van der Waals surface area contributed by atoms with Crippen LogP contribution in [0.5, 0.6) is 0 Å². The van der Waals surface area contributed by atoms with Crippen molar-refractivity contribution in [3.8, 4) is 0 Å². The third-order valence-corrected chi connectivity index (χ3v) is 5.09. The average Bonchev–Trinajstić information content (AvgIpc) is 3.09. The van der Waals surface area contributed by atoms with Crippen LogP contribution in [0.1, 0.15) is 48.9 Å². The van der Waals surface area contributed by atoms with E-state index >= 15 is 0 Å². The van der Waals surface area contributed by atoms with Crippen LogP contribution in [-0.4, -0.2) is 40.8 Å². The van der Waals surface area contributed by atoms with E-state index in [1.165, 1.54) is 12.8 Å². The number of nitrogens with zero attached hydrogens (tertiary/aromatic N) is 2. The number of aliphatic hydroxyl groups excluding tert-OH is 1. The molecule has 2 unspecified atom stereocenters. The molecule has 0 saturated carbocycles. The van der Waals surface area contributed by atoms with Gasteiger partial charge in [-0.05, 0) is 32.2 Å². The van der Waals surface area contributed by atoms with Crippen LogP contribution >= 0.6 is 11.3 Å². The van der Waals surface area contributed by atoms with Crippen LogP contribution in [0, 0.1) is 0 Å². The van der Waals surface area contributed by atoms with Crippen molar-refractivity contribution < 1.29 is 9.84 Å². The molecule has 0 aromatic carbocycles. The minimum atomic E-state index is 0.230. The van der Waals surface area contributed by atoms with E-state index in [0.29, 0.717) is 6.04 Å². The van der Waals surface area contributed by atoms with Gasteiger partial charge in [0.25, 0.3) is 0 Å². The zero-order valence-corrected chi connectivity index (χ0v) is 12.1. The Labute approximate surface area is 118 Å². The van der Waals surface area contributed by atoms with Gasteiger partial charge in [0.1, 0.15) is 11.1 Å². The van der Waals surface area contributed by atoms with E-state index in [9.17, 15) is 5.11 Å². The Hall–Kier alpha value is -0.490. The van der Waals surface area contributed by atoms with Crippen molar-refractivity contribution in [3.63, 3.8) is 0 Å². The quantitative estimate of drug-likeness (QED) is 0.920. The summed E-state index contributed by atoms with van der Waals surface area (Å²) in [4.78, 5) is 7.10. The molecule has 1 aromatic rings. The van der Waals surface area contributed by atoms with Crippen LogP contribution in [0.15, 0.2) is 5.38 Å². The topological polar surface area (TPSA) is 45.6 Å². The Morgan fingerprint density at radius 3 is 3.11 bits per heavy atom. The zero-order valence-electron chi connectivity index (χ0n) is 11.3. The van der Waals surface area contributed by atoms with Gasteiger partial charge in [-0.15, -0.1) is 11.3 Å². The summed E-state index contributed by atoms with van der Waals surface area (Å²) in [5.41, 5.74) is 1.14. The lowest BCUT2D eigenvalue weighted by Crippen LogP contribution is -2.41. The van der Waals surface area contributed by atoms with Gasteiger partial charge in [0.2, 0.25) is 0 Å². The zero-order chi connectivity index (χ0) is 13.1. The highest BCUT2D eigenvalue weighted by molar-refractivity contribution is 7.09. The number of rotatable bonds is 4. The van der Waals surface area contributed by atoms with Crippen molar-refractivity contribution in [3.05, 3.63) is 16.1 Å². The predicted octanol–water partition coefficient (Wildman–Crippen LogP) is 2.34. The van der Waals surface area contributed by atoms with Gasteiger partial charge < -0.3 is 9.84 Å². The van der Waals surface area contributed by atoms with Gasteiger partial charge >= 0.3 is 0 Å². The third-order valence-electron chi connectivity index (χ3n) is 4.10. The summed E-state index contributed by atoms with van der Waals surface area (Å²) < 4.78 is 5.68. The van der Waals surface area contributed by atoms with Gasteiger partial charge in [-0.3, -0.25) is 4.90 Å². The molecule has 106 valence electrons. The van der Waals surface area contributed by atoms with E-state index in [-0.39, 0.29) is 12.7 Å². The molecule has 3 rings (SSSR count). The summed E-state index contributed by atoms with van der Waals surface area (Å²) in [7, 11) is 0. The lowest BCUT2D eigenvalue weighted by molar-refractivity contribution is 0.0827. The van der Waals surface area contributed by atoms with Crippen molar-refractivity contribution >= 4 is 11.3 Å². The predicted molar refractivity (Wildman–Crippen MR) is 75.2 cm³/mol. The minimum Gasteiger partial charge on any atom is -0.395 e. The SMILES string of the molecule is OCC1CCCCN1Cc1csc(C2CCCO2)n1. The maximum absolute atomic E-state index is 9.44. The number of aromatic nitrogens is 1. The number of thiazole rings is 1. The molecule has 2 aliphatic rings. The van der Waals surface area contributed by atoms with E-state index in [1.54, 1.807) is 11.3 Å². The smallest absolute Gasteiger partial charge is 0.122 e. The summed E-state index contributed by atoms with van der Waals surface area (Å²) in [6.45, 7) is 3.09. The average molecular weight is 282 g/mol. The first-order chi connectivity index (χ1) is 9.36. The van der Waals surface area contributed by atoms with E-state index in [0.717, 1.165) is 49.7 Å². The van der Waals surface area contributed by atoms with Gasteiger partial charge in [0.15, 0.2) is 0 Å². The molecule has 5 heteroatoms. The number of likely N-dealkylation sites (tertiary alicyclic amines) is 1. The molecule has 0 aliphatic carbocycles. The lowest BCUT2D eigenvalue weighted by atomic mass is 10.0. The Bertz CT molecular complexity index is 404. The molecule has 2 saturated heterocycles. The number of aliphatic hydroxyl groups is 1. The number of ether oxygens (including phenoxy) is 1. The first-order valence-corrected chi connectivity index (χ1v) is 8.15. The highest BCUT2D eigenvalue weighted by atomic mass is 32.1. The summed E-state index contributed by atoms with van der Waals surface area (Å²) in [5, 5.41) is 12.7. The Kier molecular flexibility index (Phi) is 4.48. The van der Waals surface area contributed by atoms with E-state index in [2.05, 4.69) is 10.3 Å². The molecule has 1 aromatic heterocycles. The van der Waals surface area contributed by atoms with Crippen LogP contribution in [0.25, 0.3) is 0 Å². The molecule has 3 heterocycles. The van der Waals surface area contributed by atoms with Gasteiger partial charge in [-0.25, -0.2) is 4.98 Å². The molecular formula is C14H22N2O2S. The number of hydrogen-bond donors (Lipinski definition) is 1. The van der Waals surface area contributed by atoms with Crippen molar-refractivity contribution in [2.24, 2.45) is 0 Å². The monoisotopic (exact) mass is 282 g/mol. The van der Waals surface area contributed by atoms with Crippen LogP contribution < -0.4 is 0 Å². The highest BCUT2D eigenvalue weighted by Crippen LogP contribution is 2.31. The number of hydrogen-bond acceptors (Lipinski definition) is 5. The molecule has 2 atom stereocenters. The second kappa shape index (κ2) is 6.31. The molecule has 0 bridgehead atoms. The molecule has 19 heavy (non-hydrogen) atoms. The summed E-state index contributed by atoms with van der Waals surface area (Å²) >= 11 is 1.72. The summed E-state index contributed by atoms with van der Waals surface area (Å²) in [6, 6.07) is 0.321. The van der Waals surface area contributed by atoms with Crippen molar-refractivity contribution in [2.45, 2.75) is 50.8 Å². The molecule has 0 radical (unpaired) electrons. The molecule has 1 N–H and O–H groups in total. The van der Waals surface area contributed by atoms with Crippen LogP contribution in [0.3, 0.4) is 0 Å². The molecular weight excluding hydrogens is 260 g/mol. The molecule has 0 amide bonds. The minimum absolute atomic E-state index is 0.230. The fourth-order valence-electron chi connectivity index (χ4n) is 3.00.